The molecule has 0 aromatic heterocycles. The Morgan fingerprint density at radius 3 is 2.36 bits per heavy atom. The van der Waals surface area contributed by atoms with Gasteiger partial charge in [0.05, 0.1) is 6.04 Å². The number of carbonyl (C=O) groups is 2. The van der Waals surface area contributed by atoms with E-state index in [2.05, 4.69) is 15.4 Å². The van der Waals surface area contributed by atoms with Gasteiger partial charge in [0, 0.05) is 22.9 Å². The number of amides is 3. The summed E-state index contributed by atoms with van der Waals surface area (Å²) >= 11 is 6.11. The summed E-state index contributed by atoms with van der Waals surface area (Å²) in [6.45, 7) is 5.38. The molecule has 1 atom stereocenters. The van der Waals surface area contributed by atoms with Crippen LogP contribution in [0.5, 0.6) is 5.75 Å². The molecule has 1 unspecified atom stereocenters. The van der Waals surface area contributed by atoms with Crippen molar-refractivity contribution in [2.24, 2.45) is 0 Å². The number of halogens is 4. The highest BCUT2D eigenvalue weighted by atomic mass is 35.5. The van der Waals surface area contributed by atoms with Crippen LogP contribution in [0.1, 0.15) is 26.3 Å². The first-order valence-corrected chi connectivity index (χ1v) is 10.4. The quantitative estimate of drug-likeness (QED) is 0.582. The summed E-state index contributed by atoms with van der Waals surface area (Å²) in [4.78, 5) is 26.7. The lowest BCUT2D eigenvalue weighted by Crippen LogP contribution is -2.52. The molecule has 3 rings (SSSR count). The minimum atomic E-state index is -4.81. The molecule has 1 aliphatic rings. The van der Waals surface area contributed by atoms with Crippen molar-refractivity contribution in [1.29, 1.82) is 0 Å². The molecule has 3 amide bonds. The molecule has 0 aliphatic carbocycles. The average molecular weight is 486 g/mol. The Balaban J connectivity index is 1.75. The van der Waals surface area contributed by atoms with E-state index < -0.39 is 35.9 Å². The number of fused-ring (bicyclic) bond motifs is 1. The molecule has 1 aliphatic heterocycles. The van der Waals surface area contributed by atoms with Crippen molar-refractivity contribution in [3.05, 3.63) is 53.1 Å². The number of hydrogen-bond donors (Lipinski definition) is 2. The lowest BCUT2D eigenvalue weighted by Gasteiger charge is -2.35. The number of urea groups is 1. The molecule has 2 aromatic rings. The number of hydrogen-bond acceptors (Lipinski definition) is 4. The zero-order chi connectivity index (χ0) is 24.4. The maximum atomic E-state index is 13.0. The van der Waals surface area contributed by atoms with Crippen LogP contribution in [0.25, 0.3) is 0 Å². The average Bonchev–Trinajstić information content (AvgIpc) is 2.66. The van der Waals surface area contributed by atoms with Crippen LogP contribution in [-0.2, 0) is 11.2 Å². The van der Waals surface area contributed by atoms with Gasteiger partial charge in [-0.25, -0.2) is 9.59 Å². The molecule has 2 aromatic carbocycles. The lowest BCUT2D eigenvalue weighted by atomic mass is 9.98. The van der Waals surface area contributed by atoms with E-state index in [1.807, 2.05) is 0 Å². The second-order valence-corrected chi connectivity index (χ2v) is 8.87. The van der Waals surface area contributed by atoms with Gasteiger partial charge in [0.15, 0.2) is 0 Å². The van der Waals surface area contributed by atoms with E-state index in [0.717, 1.165) is 17.7 Å². The third-order valence-electron chi connectivity index (χ3n) is 4.51. The first kappa shape index (κ1) is 24.5. The Morgan fingerprint density at radius 2 is 1.76 bits per heavy atom. The highest BCUT2D eigenvalue weighted by Gasteiger charge is 2.32. The van der Waals surface area contributed by atoms with Gasteiger partial charge < -0.3 is 20.1 Å². The van der Waals surface area contributed by atoms with E-state index in [1.165, 1.54) is 17.0 Å². The van der Waals surface area contributed by atoms with Gasteiger partial charge in [0.1, 0.15) is 11.4 Å². The van der Waals surface area contributed by atoms with Gasteiger partial charge in [-0.1, -0.05) is 11.6 Å². The predicted octanol–water partition coefficient (Wildman–Crippen LogP) is 5.73. The molecular formula is C22H23ClF3N3O4. The van der Waals surface area contributed by atoms with Crippen LogP contribution in [0.4, 0.5) is 34.1 Å². The molecule has 11 heteroatoms. The van der Waals surface area contributed by atoms with Gasteiger partial charge in [-0.15, -0.1) is 13.2 Å². The molecule has 0 spiro atoms. The van der Waals surface area contributed by atoms with Crippen molar-refractivity contribution in [2.75, 3.05) is 16.8 Å². The molecule has 0 saturated heterocycles. The largest absolute Gasteiger partial charge is 0.573 e. The van der Waals surface area contributed by atoms with Crippen molar-refractivity contribution in [3.8, 4) is 5.75 Å². The number of nitrogens with one attached hydrogen (secondary N) is 2. The fraction of sp³-hybridized carbons (Fsp3) is 0.364. The van der Waals surface area contributed by atoms with E-state index in [4.69, 9.17) is 16.3 Å². The van der Waals surface area contributed by atoms with Crippen molar-refractivity contribution in [1.82, 2.24) is 5.32 Å². The third-order valence-corrected chi connectivity index (χ3v) is 4.74. The van der Waals surface area contributed by atoms with Crippen molar-refractivity contribution >= 4 is 35.1 Å². The lowest BCUT2D eigenvalue weighted by molar-refractivity contribution is -0.274. The highest BCUT2D eigenvalue weighted by Crippen LogP contribution is 2.31. The molecule has 2 N–H and O–H groups in total. The molecule has 0 bridgehead atoms. The van der Waals surface area contributed by atoms with E-state index >= 15 is 0 Å². The Labute approximate surface area is 193 Å². The molecule has 178 valence electrons. The summed E-state index contributed by atoms with van der Waals surface area (Å²) in [7, 11) is 0. The van der Waals surface area contributed by atoms with Crippen LogP contribution >= 0.6 is 11.6 Å². The number of anilines is 2. The summed E-state index contributed by atoms with van der Waals surface area (Å²) in [5.74, 6) is -0.403. The predicted molar refractivity (Wildman–Crippen MR) is 118 cm³/mol. The number of ether oxygens (including phenoxy) is 2. The Morgan fingerprint density at radius 1 is 1.09 bits per heavy atom. The molecule has 0 radical (unpaired) electrons. The number of benzene rings is 2. The zero-order valence-corrected chi connectivity index (χ0v) is 18.9. The maximum Gasteiger partial charge on any atom is 0.573 e. The number of nitrogens with zero attached hydrogens (tertiary/aromatic N) is 1. The van der Waals surface area contributed by atoms with Crippen molar-refractivity contribution in [2.45, 2.75) is 45.2 Å². The monoisotopic (exact) mass is 485 g/mol. The first-order chi connectivity index (χ1) is 15.3. The second-order valence-electron chi connectivity index (χ2n) is 8.43. The Hall–Kier alpha value is -3.14. The Bertz CT molecular complexity index is 1020. The van der Waals surface area contributed by atoms with Crippen molar-refractivity contribution in [3.63, 3.8) is 0 Å². The smallest absolute Gasteiger partial charge is 0.444 e. The minimum Gasteiger partial charge on any atom is -0.444 e. The number of alkyl halides is 3. The van der Waals surface area contributed by atoms with Gasteiger partial charge in [-0.3, -0.25) is 4.90 Å². The molecule has 33 heavy (non-hydrogen) atoms. The van der Waals surface area contributed by atoms with Gasteiger partial charge >= 0.3 is 18.5 Å². The third kappa shape index (κ3) is 7.18. The maximum absolute atomic E-state index is 13.0. The minimum absolute atomic E-state index is 0.148. The second kappa shape index (κ2) is 9.38. The van der Waals surface area contributed by atoms with Crippen LogP contribution in [0, 0.1) is 0 Å². The summed E-state index contributed by atoms with van der Waals surface area (Å²) in [6, 6.07) is 8.86. The van der Waals surface area contributed by atoms with Gasteiger partial charge in [0.2, 0.25) is 0 Å². The topological polar surface area (TPSA) is 79.9 Å². The number of carbonyl (C=O) groups excluding carboxylic acids is 2. The van der Waals surface area contributed by atoms with E-state index in [1.54, 1.807) is 39.0 Å². The highest BCUT2D eigenvalue weighted by molar-refractivity contribution is 6.30. The van der Waals surface area contributed by atoms with Gasteiger partial charge in [-0.05, 0) is 75.2 Å². The first-order valence-electron chi connectivity index (χ1n) is 10.0. The summed E-state index contributed by atoms with van der Waals surface area (Å²) < 4.78 is 46.1. The molecular weight excluding hydrogens is 463 g/mol. The SMILES string of the molecule is CC(C)(C)OC(=O)NC1Cc2cc(Cl)ccc2N(C(=O)Nc2ccc(OC(F)(F)F)cc2)C1. The molecule has 0 saturated carbocycles. The summed E-state index contributed by atoms with van der Waals surface area (Å²) in [5.41, 5.74) is 0.946. The number of rotatable bonds is 3. The van der Waals surface area contributed by atoms with Crippen LogP contribution in [0.2, 0.25) is 5.02 Å². The van der Waals surface area contributed by atoms with Crippen molar-refractivity contribution < 1.29 is 32.2 Å². The van der Waals surface area contributed by atoms with E-state index in [9.17, 15) is 22.8 Å². The van der Waals surface area contributed by atoms with Crippen LogP contribution in [-0.4, -0.2) is 36.7 Å². The standard InChI is InChI=1S/C22H23ClF3N3O4/c1-21(2,3)33-20(31)28-16-11-13-10-14(23)4-9-18(13)29(12-16)19(30)27-15-5-7-17(8-6-15)32-22(24,25)26/h4-10,16H,11-12H2,1-3H3,(H,27,30)(H,28,31). The molecule has 0 fully saturated rings. The normalized spacial score (nSPS) is 16.0. The van der Waals surface area contributed by atoms with Gasteiger partial charge in [-0.2, -0.15) is 0 Å². The van der Waals surface area contributed by atoms with E-state index in [0.29, 0.717) is 17.1 Å². The molecule has 1 heterocycles. The van der Waals surface area contributed by atoms with E-state index in [-0.39, 0.29) is 12.2 Å². The van der Waals surface area contributed by atoms with Crippen LogP contribution in [0.15, 0.2) is 42.5 Å². The molecule has 7 nitrogen and oxygen atoms in total. The fourth-order valence-electron chi connectivity index (χ4n) is 3.32. The summed E-state index contributed by atoms with van der Waals surface area (Å²) in [5, 5.41) is 5.89. The fourth-order valence-corrected chi connectivity index (χ4v) is 3.52. The van der Waals surface area contributed by atoms with Crippen LogP contribution in [0.3, 0.4) is 0 Å². The Kier molecular flexibility index (Phi) is 6.97. The van der Waals surface area contributed by atoms with Crippen LogP contribution < -0.4 is 20.3 Å². The van der Waals surface area contributed by atoms with Gasteiger partial charge in [0.25, 0.3) is 0 Å². The number of alkyl carbamates (subject to hydrolysis) is 1. The summed E-state index contributed by atoms with van der Waals surface area (Å²) in [6.07, 6.45) is -4.99. The zero-order valence-electron chi connectivity index (χ0n) is 18.1.